The number of carbonyl (C=O) groups is 1. The van der Waals surface area contributed by atoms with Crippen LogP contribution in [-0.4, -0.2) is 12.5 Å². The van der Waals surface area contributed by atoms with Crippen molar-refractivity contribution in [1.29, 1.82) is 0 Å². The van der Waals surface area contributed by atoms with Crippen molar-refractivity contribution >= 4 is 11.6 Å². The third-order valence-corrected chi connectivity index (χ3v) is 2.94. The van der Waals surface area contributed by atoms with Crippen molar-refractivity contribution in [3.8, 4) is 5.75 Å². The average Bonchev–Trinajstić information content (AvgIpc) is 2.47. The standard InChI is InChI=1S/C16H17FN2O2/c1-2-21-14-5-3-4-11(10-14)15(16(18)20)19-13-8-6-12(17)7-9-13/h3-10,15,19H,2H2,1H3,(H2,18,20). The molecule has 1 atom stereocenters. The summed E-state index contributed by atoms with van der Waals surface area (Å²) in [4.78, 5) is 11.7. The summed E-state index contributed by atoms with van der Waals surface area (Å²) in [5.74, 6) is -0.190. The molecular weight excluding hydrogens is 271 g/mol. The number of nitrogens with two attached hydrogens (primary N) is 1. The zero-order valence-electron chi connectivity index (χ0n) is 11.7. The van der Waals surface area contributed by atoms with Crippen LogP contribution in [-0.2, 0) is 4.79 Å². The van der Waals surface area contributed by atoms with Gasteiger partial charge in [0, 0.05) is 5.69 Å². The lowest BCUT2D eigenvalue weighted by Gasteiger charge is -2.18. The number of hydrogen-bond acceptors (Lipinski definition) is 3. The molecule has 0 spiro atoms. The van der Waals surface area contributed by atoms with E-state index in [2.05, 4.69) is 5.32 Å². The first-order valence-electron chi connectivity index (χ1n) is 6.64. The second-order valence-corrected chi connectivity index (χ2v) is 4.49. The molecule has 0 radical (unpaired) electrons. The number of nitrogens with one attached hydrogen (secondary N) is 1. The van der Waals surface area contributed by atoms with Crippen LogP contribution in [0, 0.1) is 5.82 Å². The molecule has 0 heterocycles. The third-order valence-electron chi connectivity index (χ3n) is 2.94. The maximum atomic E-state index is 12.9. The average molecular weight is 288 g/mol. The van der Waals surface area contributed by atoms with Crippen LogP contribution in [0.2, 0.25) is 0 Å². The van der Waals surface area contributed by atoms with Gasteiger partial charge in [-0.15, -0.1) is 0 Å². The van der Waals surface area contributed by atoms with Crippen molar-refractivity contribution in [2.75, 3.05) is 11.9 Å². The van der Waals surface area contributed by atoms with Crippen LogP contribution >= 0.6 is 0 Å². The van der Waals surface area contributed by atoms with Gasteiger partial charge in [-0.3, -0.25) is 4.79 Å². The summed E-state index contributed by atoms with van der Waals surface area (Å²) in [6.07, 6.45) is 0. The van der Waals surface area contributed by atoms with E-state index in [9.17, 15) is 9.18 Å². The lowest BCUT2D eigenvalue weighted by atomic mass is 10.1. The van der Waals surface area contributed by atoms with Crippen LogP contribution in [0.1, 0.15) is 18.5 Å². The predicted octanol–water partition coefficient (Wildman–Crippen LogP) is 2.86. The van der Waals surface area contributed by atoms with Gasteiger partial charge < -0.3 is 15.8 Å². The zero-order chi connectivity index (χ0) is 15.2. The Balaban J connectivity index is 2.24. The Labute approximate surface area is 122 Å². The number of carbonyl (C=O) groups excluding carboxylic acids is 1. The van der Waals surface area contributed by atoms with E-state index in [1.807, 2.05) is 13.0 Å². The molecule has 0 aliphatic rings. The van der Waals surface area contributed by atoms with Gasteiger partial charge in [-0.25, -0.2) is 4.39 Å². The number of rotatable bonds is 6. The van der Waals surface area contributed by atoms with Crippen molar-refractivity contribution in [3.05, 3.63) is 59.9 Å². The van der Waals surface area contributed by atoms with E-state index in [1.54, 1.807) is 30.3 Å². The molecule has 0 bridgehead atoms. The summed E-state index contributed by atoms with van der Waals surface area (Å²) >= 11 is 0. The predicted molar refractivity (Wildman–Crippen MR) is 79.6 cm³/mol. The molecule has 110 valence electrons. The highest BCUT2D eigenvalue weighted by atomic mass is 19.1. The van der Waals surface area contributed by atoms with Crippen LogP contribution in [0.15, 0.2) is 48.5 Å². The SMILES string of the molecule is CCOc1cccc(C(Nc2ccc(F)cc2)C(N)=O)c1. The minimum absolute atomic E-state index is 0.338. The molecule has 0 saturated heterocycles. The highest BCUT2D eigenvalue weighted by Crippen LogP contribution is 2.23. The zero-order valence-corrected chi connectivity index (χ0v) is 11.7. The highest BCUT2D eigenvalue weighted by Gasteiger charge is 2.18. The summed E-state index contributed by atoms with van der Waals surface area (Å²) in [5, 5.41) is 2.99. The van der Waals surface area contributed by atoms with Gasteiger partial charge in [-0.2, -0.15) is 0 Å². The van der Waals surface area contributed by atoms with Gasteiger partial charge in [-0.05, 0) is 48.9 Å². The molecular formula is C16H17FN2O2. The maximum Gasteiger partial charge on any atom is 0.244 e. The van der Waals surface area contributed by atoms with Crippen molar-refractivity contribution in [3.63, 3.8) is 0 Å². The fourth-order valence-corrected chi connectivity index (χ4v) is 1.98. The molecule has 2 aromatic carbocycles. The van der Waals surface area contributed by atoms with Crippen molar-refractivity contribution < 1.29 is 13.9 Å². The Morgan fingerprint density at radius 1 is 1.29 bits per heavy atom. The Hall–Kier alpha value is -2.56. The van der Waals surface area contributed by atoms with Crippen molar-refractivity contribution in [2.24, 2.45) is 5.73 Å². The first kappa shape index (κ1) is 14.8. The fraction of sp³-hybridized carbons (Fsp3) is 0.188. The summed E-state index contributed by atoms with van der Waals surface area (Å²) in [6, 6.07) is 12.2. The summed E-state index contributed by atoms with van der Waals surface area (Å²) < 4.78 is 18.3. The molecule has 0 saturated carbocycles. The second kappa shape index (κ2) is 6.74. The molecule has 0 aromatic heterocycles. The van der Waals surface area contributed by atoms with Gasteiger partial charge in [0.25, 0.3) is 0 Å². The number of benzene rings is 2. The van der Waals surface area contributed by atoms with Crippen LogP contribution in [0.4, 0.5) is 10.1 Å². The van der Waals surface area contributed by atoms with E-state index in [0.29, 0.717) is 23.6 Å². The lowest BCUT2D eigenvalue weighted by Crippen LogP contribution is -2.27. The second-order valence-electron chi connectivity index (χ2n) is 4.49. The molecule has 1 unspecified atom stereocenters. The van der Waals surface area contributed by atoms with Gasteiger partial charge in [0.1, 0.15) is 17.6 Å². The number of halogens is 1. The normalized spacial score (nSPS) is 11.7. The number of amides is 1. The smallest absolute Gasteiger partial charge is 0.244 e. The largest absolute Gasteiger partial charge is 0.494 e. The molecule has 1 amide bonds. The Morgan fingerprint density at radius 3 is 2.62 bits per heavy atom. The fourth-order valence-electron chi connectivity index (χ4n) is 1.98. The van der Waals surface area contributed by atoms with Crippen LogP contribution in [0.3, 0.4) is 0 Å². The molecule has 21 heavy (non-hydrogen) atoms. The van der Waals surface area contributed by atoms with Crippen LogP contribution in [0.5, 0.6) is 5.75 Å². The molecule has 2 rings (SSSR count). The third kappa shape index (κ3) is 3.95. The van der Waals surface area contributed by atoms with E-state index in [-0.39, 0.29) is 5.82 Å². The molecule has 0 aliphatic heterocycles. The van der Waals surface area contributed by atoms with E-state index in [4.69, 9.17) is 10.5 Å². The molecule has 0 aliphatic carbocycles. The molecule has 2 aromatic rings. The Kier molecular flexibility index (Phi) is 4.77. The minimum Gasteiger partial charge on any atom is -0.494 e. The molecule has 4 nitrogen and oxygen atoms in total. The minimum atomic E-state index is -0.712. The number of anilines is 1. The van der Waals surface area contributed by atoms with Crippen LogP contribution in [0.25, 0.3) is 0 Å². The summed E-state index contributed by atoms with van der Waals surface area (Å²) in [6.45, 7) is 2.42. The first-order valence-corrected chi connectivity index (χ1v) is 6.64. The summed E-state index contributed by atoms with van der Waals surface area (Å²) in [7, 11) is 0. The van der Waals surface area contributed by atoms with E-state index < -0.39 is 11.9 Å². The first-order chi connectivity index (χ1) is 10.1. The maximum absolute atomic E-state index is 12.9. The number of primary amides is 1. The van der Waals surface area contributed by atoms with Crippen molar-refractivity contribution in [2.45, 2.75) is 13.0 Å². The summed E-state index contributed by atoms with van der Waals surface area (Å²) in [5.41, 5.74) is 6.76. The Morgan fingerprint density at radius 2 is 2.00 bits per heavy atom. The number of hydrogen-bond donors (Lipinski definition) is 2. The van der Waals surface area contributed by atoms with Gasteiger partial charge >= 0.3 is 0 Å². The topological polar surface area (TPSA) is 64.3 Å². The molecule has 5 heteroatoms. The Bertz CT molecular complexity index is 614. The lowest BCUT2D eigenvalue weighted by molar-refractivity contribution is -0.118. The van der Waals surface area contributed by atoms with Gasteiger partial charge in [0.2, 0.25) is 5.91 Å². The van der Waals surface area contributed by atoms with E-state index in [0.717, 1.165) is 0 Å². The van der Waals surface area contributed by atoms with Gasteiger partial charge in [0.15, 0.2) is 0 Å². The van der Waals surface area contributed by atoms with Gasteiger partial charge in [0.05, 0.1) is 6.61 Å². The van der Waals surface area contributed by atoms with Crippen molar-refractivity contribution in [1.82, 2.24) is 0 Å². The van der Waals surface area contributed by atoms with E-state index >= 15 is 0 Å². The van der Waals surface area contributed by atoms with E-state index in [1.165, 1.54) is 12.1 Å². The highest BCUT2D eigenvalue weighted by molar-refractivity contribution is 5.84. The van der Waals surface area contributed by atoms with Gasteiger partial charge in [-0.1, -0.05) is 12.1 Å². The monoisotopic (exact) mass is 288 g/mol. The van der Waals surface area contributed by atoms with Crippen LogP contribution < -0.4 is 15.8 Å². The molecule has 0 fully saturated rings. The number of ether oxygens (including phenoxy) is 1. The molecule has 3 N–H and O–H groups in total. The quantitative estimate of drug-likeness (QED) is 0.859.